The molecule has 0 spiro atoms. The third kappa shape index (κ3) is 2.00. The molecule has 3 N–H and O–H groups in total. The Labute approximate surface area is 88.9 Å². The quantitative estimate of drug-likeness (QED) is 0.774. The molecule has 1 aliphatic carbocycles. The average Bonchev–Trinajstić information content (AvgIpc) is 2.44. The molecule has 0 saturated carbocycles. The first-order chi connectivity index (χ1) is 7.02. The zero-order valence-corrected chi connectivity index (χ0v) is 9.30. The van der Waals surface area contributed by atoms with Crippen LogP contribution in [-0.4, -0.2) is 11.5 Å². The standard InChI is InChI=1S/C11H18N2O2/c1-11(2)5-7(3-4-12)9-8(6-11)15-10(14)13-9/h7H,3-6,12H2,1-2H3,(H,13,14). The van der Waals surface area contributed by atoms with Crippen LogP contribution in [0.1, 0.15) is 44.1 Å². The van der Waals surface area contributed by atoms with E-state index in [1.165, 1.54) is 0 Å². The summed E-state index contributed by atoms with van der Waals surface area (Å²) in [7, 11) is 0. The number of aromatic amines is 1. The van der Waals surface area contributed by atoms with Gasteiger partial charge in [0.2, 0.25) is 0 Å². The second-order valence-corrected chi connectivity index (χ2v) is 5.17. The van der Waals surface area contributed by atoms with Crippen LogP contribution >= 0.6 is 0 Å². The molecule has 1 heterocycles. The predicted octanol–water partition coefficient (Wildman–Crippen LogP) is 1.37. The number of oxazole rings is 1. The Morgan fingerprint density at radius 3 is 3.00 bits per heavy atom. The monoisotopic (exact) mass is 210 g/mol. The normalized spacial score (nSPS) is 23.8. The van der Waals surface area contributed by atoms with E-state index in [0.717, 1.165) is 30.7 Å². The van der Waals surface area contributed by atoms with E-state index >= 15 is 0 Å². The zero-order valence-electron chi connectivity index (χ0n) is 9.30. The smallest absolute Gasteiger partial charge is 0.413 e. The van der Waals surface area contributed by atoms with Gasteiger partial charge < -0.3 is 10.2 Å². The van der Waals surface area contributed by atoms with Crippen LogP contribution in [0, 0.1) is 5.41 Å². The van der Waals surface area contributed by atoms with E-state index in [1.807, 2.05) is 0 Å². The van der Waals surface area contributed by atoms with Crippen molar-refractivity contribution in [1.29, 1.82) is 0 Å². The number of hydrogen-bond donors (Lipinski definition) is 2. The van der Waals surface area contributed by atoms with Gasteiger partial charge in [0.05, 0.1) is 5.69 Å². The van der Waals surface area contributed by atoms with E-state index in [0.29, 0.717) is 12.5 Å². The van der Waals surface area contributed by atoms with Gasteiger partial charge in [0.1, 0.15) is 5.76 Å². The Balaban J connectivity index is 2.38. The maximum absolute atomic E-state index is 11.2. The van der Waals surface area contributed by atoms with Gasteiger partial charge in [-0.05, 0) is 24.8 Å². The van der Waals surface area contributed by atoms with Gasteiger partial charge in [-0.3, -0.25) is 4.98 Å². The fourth-order valence-electron chi connectivity index (χ4n) is 2.56. The van der Waals surface area contributed by atoms with E-state index in [2.05, 4.69) is 18.8 Å². The summed E-state index contributed by atoms with van der Waals surface area (Å²) < 4.78 is 5.17. The van der Waals surface area contributed by atoms with Crippen molar-refractivity contribution in [2.24, 2.45) is 11.1 Å². The number of rotatable bonds is 2. The fraction of sp³-hybridized carbons (Fsp3) is 0.727. The first-order valence-corrected chi connectivity index (χ1v) is 5.44. The minimum Gasteiger partial charge on any atom is -0.413 e. The summed E-state index contributed by atoms with van der Waals surface area (Å²) in [6.45, 7) is 5.05. The molecule has 15 heavy (non-hydrogen) atoms. The zero-order chi connectivity index (χ0) is 11.1. The number of fused-ring (bicyclic) bond motifs is 1. The third-order valence-electron chi connectivity index (χ3n) is 3.11. The van der Waals surface area contributed by atoms with E-state index in [4.69, 9.17) is 10.2 Å². The van der Waals surface area contributed by atoms with Crippen LogP contribution in [0.25, 0.3) is 0 Å². The Morgan fingerprint density at radius 2 is 2.33 bits per heavy atom. The van der Waals surface area contributed by atoms with Gasteiger partial charge in [0.25, 0.3) is 0 Å². The molecule has 0 bridgehead atoms. The van der Waals surface area contributed by atoms with Crippen molar-refractivity contribution in [1.82, 2.24) is 4.98 Å². The molecule has 1 atom stereocenters. The molecule has 0 amide bonds. The summed E-state index contributed by atoms with van der Waals surface area (Å²) in [6.07, 6.45) is 2.81. The molecule has 84 valence electrons. The maximum Gasteiger partial charge on any atom is 0.416 e. The van der Waals surface area contributed by atoms with Crippen LogP contribution in [0.2, 0.25) is 0 Å². The fourth-order valence-corrected chi connectivity index (χ4v) is 2.56. The molecule has 0 aliphatic heterocycles. The van der Waals surface area contributed by atoms with Crippen LogP contribution in [0.3, 0.4) is 0 Å². The minimum absolute atomic E-state index is 0.199. The van der Waals surface area contributed by atoms with Gasteiger partial charge in [-0.2, -0.15) is 0 Å². The highest BCUT2D eigenvalue weighted by Gasteiger charge is 2.34. The SMILES string of the molecule is CC1(C)Cc2oc(=O)[nH]c2C(CCN)C1. The molecule has 4 nitrogen and oxygen atoms in total. The van der Waals surface area contributed by atoms with Crippen molar-refractivity contribution >= 4 is 0 Å². The van der Waals surface area contributed by atoms with Crippen LogP contribution in [0.5, 0.6) is 0 Å². The van der Waals surface area contributed by atoms with Crippen molar-refractivity contribution in [3.8, 4) is 0 Å². The van der Waals surface area contributed by atoms with E-state index in [1.54, 1.807) is 0 Å². The molecule has 1 unspecified atom stereocenters. The van der Waals surface area contributed by atoms with Gasteiger partial charge in [0, 0.05) is 12.3 Å². The lowest BCUT2D eigenvalue weighted by Gasteiger charge is -2.33. The highest BCUT2D eigenvalue weighted by atomic mass is 16.4. The molecule has 1 aromatic rings. The van der Waals surface area contributed by atoms with Crippen molar-refractivity contribution in [2.75, 3.05) is 6.54 Å². The van der Waals surface area contributed by atoms with Crippen molar-refractivity contribution in [2.45, 2.75) is 39.0 Å². The molecule has 0 fully saturated rings. The second kappa shape index (κ2) is 3.52. The molecule has 2 rings (SSSR count). The van der Waals surface area contributed by atoms with Gasteiger partial charge in [-0.1, -0.05) is 13.8 Å². The van der Waals surface area contributed by atoms with Crippen LogP contribution in [0.15, 0.2) is 9.21 Å². The van der Waals surface area contributed by atoms with Gasteiger partial charge in [0.15, 0.2) is 0 Å². The van der Waals surface area contributed by atoms with Crippen molar-refractivity contribution in [3.63, 3.8) is 0 Å². The van der Waals surface area contributed by atoms with Gasteiger partial charge in [-0.25, -0.2) is 4.79 Å². The molecular formula is C11H18N2O2. The molecule has 0 saturated heterocycles. The third-order valence-corrected chi connectivity index (χ3v) is 3.11. The topological polar surface area (TPSA) is 72.0 Å². The summed E-state index contributed by atoms with van der Waals surface area (Å²) in [5.74, 6) is 0.842. The summed E-state index contributed by atoms with van der Waals surface area (Å²) in [5.41, 5.74) is 6.77. The van der Waals surface area contributed by atoms with Crippen molar-refractivity contribution in [3.05, 3.63) is 22.0 Å². The molecule has 0 aromatic carbocycles. The molecule has 1 aromatic heterocycles. The van der Waals surface area contributed by atoms with E-state index in [9.17, 15) is 4.79 Å². The number of nitrogens with two attached hydrogens (primary N) is 1. The Kier molecular flexibility index (Phi) is 2.46. The summed E-state index contributed by atoms with van der Waals surface area (Å²) in [4.78, 5) is 14.0. The van der Waals surface area contributed by atoms with Crippen LogP contribution < -0.4 is 11.5 Å². The summed E-state index contributed by atoms with van der Waals surface area (Å²) in [5, 5.41) is 0. The van der Waals surface area contributed by atoms with Gasteiger partial charge in [-0.15, -0.1) is 0 Å². The van der Waals surface area contributed by atoms with E-state index < -0.39 is 0 Å². The first-order valence-electron chi connectivity index (χ1n) is 5.44. The lowest BCUT2D eigenvalue weighted by molar-refractivity contribution is 0.247. The Hall–Kier alpha value is -1.03. The predicted molar refractivity (Wildman–Crippen MR) is 57.8 cm³/mol. The molecular weight excluding hydrogens is 192 g/mol. The highest BCUT2D eigenvalue weighted by molar-refractivity contribution is 5.19. The largest absolute Gasteiger partial charge is 0.416 e. The molecule has 0 radical (unpaired) electrons. The average molecular weight is 210 g/mol. The lowest BCUT2D eigenvalue weighted by Crippen LogP contribution is -2.26. The number of hydrogen-bond acceptors (Lipinski definition) is 3. The van der Waals surface area contributed by atoms with Gasteiger partial charge >= 0.3 is 5.76 Å². The Bertz CT molecular complexity index is 403. The first kappa shape index (κ1) is 10.5. The molecule has 1 aliphatic rings. The van der Waals surface area contributed by atoms with E-state index in [-0.39, 0.29) is 11.2 Å². The summed E-state index contributed by atoms with van der Waals surface area (Å²) >= 11 is 0. The van der Waals surface area contributed by atoms with Crippen molar-refractivity contribution < 1.29 is 4.42 Å². The maximum atomic E-state index is 11.2. The van der Waals surface area contributed by atoms with Crippen LogP contribution in [-0.2, 0) is 6.42 Å². The number of H-pyrrole nitrogens is 1. The molecule has 4 heteroatoms. The Morgan fingerprint density at radius 1 is 1.60 bits per heavy atom. The second-order valence-electron chi connectivity index (χ2n) is 5.17. The number of nitrogens with one attached hydrogen (secondary N) is 1. The highest BCUT2D eigenvalue weighted by Crippen LogP contribution is 2.41. The van der Waals surface area contributed by atoms with Crippen LogP contribution in [0.4, 0.5) is 0 Å². The lowest BCUT2D eigenvalue weighted by atomic mass is 9.72. The summed E-state index contributed by atoms with van der Waals surface area (Å²) in [6, 6.07) is 0. The number of aromatic nitrogens is 1. The minimum atomic E-state index is -0.334.